The van der Waals surface area contributed by atoms with Crippen LogP contribution in [0.4, 0.5) is 27.6 Å². The van der Waals surface area contributed by atoms with E-state index in [0.717, 1.165) is 12.1 Å². The minimum atomic E-state index is -4.58. The van der Waals surface area contributed by atoms with Gasteiger partial charge in [0.05, 0.1) is 5.69 Å². The van der Waals surface area contributed by atoms with Crippen molar-refractivity contribution in [2.45, 2.75) is 25.1 Å². The molecule has 1 fully saturated rings. The van der Waals surface area contributed by atoms with Crippen molar-refractivity contribution in [3.63, 3.8) is 0 Å². The summed E-state index contributed by atoms with van der Waals surface area (Å²) in [6.07, 6.45) is -5.34. The fourth-order valence-electron chi connectivity index (χ4n) is 2.12. The Morgan fingerprint density at radius 1 is 1.23 bits per heavy atom. The van der Waals surface area contributed by atoms with Gasteiger partial charge in [-0.1, -0.05) is 0 Å². The first-order valence-electron chi connectivity index (χ1n) is 6.31. The van der Waals surface area contributed by atoms with Crippen molar-refractivity contribution in [2.75, 3.05) is 5.32 Å². The lowest BCUT2D eigenvalue weighted by molar-refractivity contribution is -0.170. The zero-order valence-electron chi connectivity index (χ0n) is 11.0. The van der Waals surface area contributed by atoms with Crippen LogP contribution in [0.3, 0.4) is 0 Å². The van der Waals surface area contributed by atoms with E-state index in [1.165, 1.54) is 0 Å². The van der Waals surface area contributed by atoms with Crippen LogP contribution in [0, 0.1) is 17.6 Å². The van der Waals surface area contributed by atoms with Gasteiger partial charge in [-0.25, -0.2) is 8.78 Å². The van der Waals surface area contributed by atoms with Crippen molar-refractivity contribution in [1.29, 1.82) is 0 Å². The van der Waals surface area contributed by atoms with Crippen LogP contribution in [-0.2, 0) is 9.59 Å². The molecule has 4 nitrogen and oxygen atoms in total. The average molecular weight is 322 g/mol. The summed E-state index contributed by atoms with van der Waals surface area (Å²) < 4.78 is 63.6. The van der Waals surface area contributed by atoms with Gasteiger partial charge in [0.25, 0.3) is 0 Å². The Bertz CT molecular complexity index is 603. The Hall–Kier alpha value is -2.19. The average Bonchev–Trinajstić information content (AvgIpc) is 2.40. The fourth-order valence-corrected chi connectivity index (χ4v) is 2.12. The van der Waals surface area contributed by atoms with Gasteiger partial charge < -0.3 is 10.6 Å². The lowest BCUT2D eigenvalue weighted by Gasteiger charge is -2.29. The topological polar surface area (TPSA) is 58.2 Å². The monoisotopic (exact) mass is 322 g/mol. The van der Waals surface area contributed by atoms with Gasteiger partial charge in [0.2, 0.25) is 11.8 Å². The van der Waals surface area contributed by atoms with Gasteiger partial charge in [-0.2, -0.15) is 13.2 Å². The van der Waals surface area contributed by atoms with Gasteiger partial charge in [0, 0.05) is 6.07 Å². The molecule has 1 aromatic rings. The van der Waals surface area contributed by atoms with E-state index in [9.17, 15) is 31.5 Å². The van der Waals surface area contributed by atoms with Crippen LogP contribution >= 0.6 is 0 Å². The van der Waals surface area contributed by atoms with E-state index in [1.807, 2.05) is 0 Å². The fraction of sp³-hybridized carbons (Fsp3) is 0.385. The quantitative estimate of drug-likeness (QED) is 0.649. The number of alkyl halides is 3. The van der Waals surface area contributed by atoms with Gasteiger partial charge in [-0.3, -0.25) is 9.59 Å². The maximum atomic E-state index is 13.4. The van der Waals surface area contributed by atoms with Crippen LogP contribution in [0.5, 0.6) is 0 Å². The van der Waals surface area contributed by atoms with Crippen LogP contribution in [0.2, 0.25) is 0 Å². The highest BCUT2D eigenvalue weighted by Crippen LogP contribution is 2.29. The van der Waals surface area contributed by atoms with Crippen LogP contribution in [0.1, 0.15) is 12.8 Å². The molecule has 2 rings (SSSR count). The summed E-state index contributed by atoms with van der Waals surface area (Å²) in [7, 11) is 0. The van der Waals surface area contributed by atoms with Crippen molar-refractivity contribution >= 4 is 17.5 Å². The summed E-state index contributed by atoms with van der Waals surface area (Å²) in [5.74, 6) is -5.27. The third-order valence-electron chi connectivity index (χ3n) is 3.28. The summed E-state index contributed by atoms with van der Waals surface area (Å²) in [4.78, 5) is 23.5. The molecule has 1 aromatic carbocycles. The molecule has 0 spiro atoms. The van der Waals surface area contributed by atoms with Gasteiger partial charge in [-0.05, 0) is 25.0 Å². The standard InChI is InChI=1S/C13H11F5N2O2/c14-6-1-3-9(8(15)5-6)19-11(21)7-2-4-10(13(16,17)18)20-12(7)22/h1,3,5,7,10H,2,4H2,(H,19,21)(H,20,22)/t7-,10-/m0/s1. The highest BCUT2D eigenvalue weighted by atomic mass is 19.4. The molecule has 9 heteroatoms. The summed E-state index contributed by atoms with van der Waals surface area (Å²) in [5, 5.41) is 3.79. The smallest absolute Gasteiger partial charge is 0.344 e. The maximum Gasteiger partial charge on any atom is 0.408 e. The van der Waals surface area contributed by atoms with E-state index >= 15 is 0 Å². The molecular formula is C13H11F5N2O2. The molecule has 2 N–H and O–H groups in total. The Labute approximate surface area is 121 Å². The first kappa shape index (κ1) is 16.2. The third kappa shape index (κ3) is 3.52. The second-order valence-electron chi connectivity index (χ2n) is 4.85. The van der Waals surface area contributed by atoms with Crippen molar-refractivity contribution in [3.8, 4) is 0 Å². The molecule has 0 aromatic heterocycles. The van der Waals surface area contributed by atoms with Crippen LogP contribution in [0.25, 0.3) is 0 Å². The molecule has 0 bridgehead atoms. The van der Waals surface area contributed by atoms with E-state index in [1.54, 1.807) is 5.32 Å². The molecule has 0 saturated carbocycles. The summed E-state index contributed by atoms with van der Waals surface area (Å²) in [6.45, 7) is 0. The highest BCUT2D eigenvalue weighted by Gasteiger charge is 2.45. The number of benzene rings is 1. The number of amides is 2. The Kier molecular flexibility index (Phi) is 4.34. The van der Waals surface area contributed by atoms with E-state index in [0.29, 0.717) is 6.07 Å². The van der Waals surface area contributed by atoms with Gasteiger partial charge >= 0.3 is 6.18 Å². The summed E-state index contributed by atoms with van der Waals surface area (Å²) in [5.41, 5.74) is -0.350. The molecule has 0 aliphatic carbocycles. The highest BCUT2D eigenvalue weighted by molar-refractivity contribution is 6.06. The molecule has 0 unspecified atom stereocenters. The molecule has 2 amide bonds. The zero-order valence-corrected chi connectivity index (χ0v) is 11.0. The number of carbonyl (C=O) groups is 2. The van der Waals surface area contributed by atoms with Gasteiger partial charge in [-0.15, -0.1) is 0 Å². The van der Waals surface area contributed by atoms with E-state index in [2.05, 4.69) is 5.32 Å². The molecule has 1 heterocycles. The van der Waals surface area contributed by atoms with E-state index in [4.69, 9.17) is 0 Å². The molecule has 22 heavy (non-hydrogen) atoms. The molecule has 0 radical (unpaired) electrons. The summed E-state index contributed by atoms with van der Waals surface area (Å²) in [6, 6.07) is 0.406. The Morgan fingerprint density at radius 2 is 1.91 bits per heavy atom. The van der Waals surface area contributed by atoms with E-state index in [-0.39, 0.29) is 12.1 Å². The molecule has 2 atom stereocenters. The largest absolute Gasteiger partial charge is 0.408 e. The SMILES string of the molecule is O=C(Nc1ccc(F)cc1F)[C@@H]1CC[C@@H](C(F)(F)F)NC1=O. The molecule has 1 aliphatic rings. The molecule has 120 valence electrons. The first-order chi connectivity index (χ1) is 10.2. The second kappa shape index (κ2) is 5.90. The number of carbonyl (C=O) groups excluding carboxylic acids is 2. The normalized spacial score (nSPS) is 22.1. The minimum absolute atomic E-state index is 0.315. The predicted octanol–water partition coefficient (Wildman–Crippen LogP) is 2.36. The van der Waals surface area contributed by atoms with Crippen LogP contribution in [-0.4, -0.2) is 24.0 Å². The minimum Gasteiger partial charge on any atom is -0.344 e. The zero-order chi connectivity index (χ0) is 16.5. The summed E-state index contributed by atoms with van der Waals surface area (Å²) >= 11 is 0. The van der Waals surface area contributed by atoms with Crippen molar-refractivity contribution in [1.82, 2.24) is 5.32 Å². The maximum absolute atomic E-state index is 13.4. The first-order valence-corrected chi connectivity index (χ1v) is 6.31. The Morgan fingerprint density at radius 3 is 2.45 bits per heavy atom. The van der Waals surface area contributed by atoms with Gasteiger partial charge in [0.1, 0.15) is 23.6 Å². The molecular weight excluding hydrogens is 311 g/mol. The number of piperidine rings is 1. The van der Waals surface area contributed by atoms with E-state index < -0.39 is 48.0 Å². The molecule has 1 saturated heterocycles. The van der Waals surface area contributed by atoms with Crippen molar-refractivity contribution in [2.24, 2.45) is 5.92 Å². The number of halogens is 5. The van der Waals surface area contributed by atoms with Crippen molar-refractivity contribution < 1.29 is 31.5 Å². The number of anilines is 1. The van der Waals surface area contributed by atoms with Crippen LogP contribution in [0.15, 0.2) is 18.2 Å². The Balaban J connectivity index is 2.03. The molecule has 1 aliphatic heterocycles. The predicted molar refractivity (Wildman–Crippen MR) is 65.7 cm³/mol. The van der Waals surface area contributed by atoms with Crippen molar-refractivity contribution in [3.05, 3.63) is 29.8 Å². The number of hydrogen-bond donors (Lipinski definition) is 2. The lowest BCUT2D eigenvalue weighted by atomic mass is 9.92. The van der Waals surface area contributed by atoms with Gasteiger partial charge in [0.15, 0.2) is 0 Å². The number of rotatable bonds is 2. The number of hydrogen-bond acceptors (Lipinski definition) is 2. The number of nitrogens with one attached hydrogen (secondary N) is 2. The lowest BCUT2D eigenvalue weighted by Crippen LogP contribution is -2.53. The third-order valence-corrected chi connectivity index (χ3v) is 3.28. The van der Waals surface area contributed by atoms with Crippen LogP contribution < -0.4 is 10.6 Å². The second-order valence-corrected chi connectivity index (χ2v) is 4.85.